The molecule has 0 saturated carbocycles. The maximum atomic E-state index is 12.7. The molecule has 134 valence electrons. The van der Waals surface area contributed by atoms with E-state index >= 15 is 0 Å². The maximum Gasteiger partial charge on any atom is 0.339 e. The Hall–Kier alpha value is -3.13. The summed E-state index contributed by atoms with van der Waals surface area (Å²) < 4.78 is 34.0. The van der Waals surface area contributed by atoms with Crippen molar-refractivity contribution in [2.45, 2.75) is 11.4 Å². The highest BCUT2D eigenvalue weighted by molar-refractivity contribution is 7.92. The second-order valence-corrected chi connectivity index (χ2v) is 7.16. The van der Waals surface area contributed by atoms with Gasteiger partial charge < -0.3 is 4.74 Å². The molecule has 0 saturated heterocycles. The number of ether oxygens (including phenoxy) is 1. The van der Waals surface area contributed by atoms with E-state index in [1.54, 1.807) is 23.0 Å². The van der Waals surface area contributed by atoms with E-state index in [-0.39, 0.29) is 10.5 Å². The molecule has 8 heteroatoms. The van der Waals surface area contributed by atoms with Gasteiger partial charge in [-0.3, -0.25) is 9.40 Å². The van der Waals surface area contributed by atoms with Crippen LogP contribution in [0.5, 0.6) is 0 Å². The van der Waals surface area contributed by atoms with Gasteiger partial charge >= 0.3 is 5.97 Å². The van der Waals surface area contributed by atoms with Crippen LogP contribution in [0.25, 0.3) is 0 Å². The van der Waals surface area contributed by atoms with Crippen LogP contribution >= 0.6 is 0 Å². The summed E-state index contributed by atoms with van der Waals surface area (Å²) in [5.41, 5.74) is 1.32. The lowest BCUT2D eigenvalue weighted by molar-refractivity contribution is 0.0596. The number of rotatable bonds is 6. The first-order valence-electron chi connectivity index (χ1n) is 7.76. The third-order valence-corrected chi connectivity index (χ3v) is 5.09. The van der Waals surface area contributed by atoms with Crippen molar-refractivity contribution < 1.29 is 17.9 Å². The molecule has 0 atom stereocenters. The minimum absolute atomic E-state index is 0.0285. The number of hydrogen-bond donors (Lipinski definition) is 1. The molecule has 3 rings (SSSR count). The molecule has 0 bridgehead atoms. The third kappa shape index (κ3) is 3.92. The molecule has 1 N–H and O–H groups in total. The van der Waals surface area contributed by atoms with Crippen molar-refractivity contribution in [3.8, 4) is 0 Å². The lowest BCUT2D eigenvalue weighted by Crippen LogP contribution is -2.17. The minimum atomic E-state index is -3.96. The second kappa shape index (κ2) is 7.40. The van der Waals surface area contributed by atoms with Crippen LogP contribution in [0.15, 0.2) is 71.9 Å². The molecule has 0 aliphatic carbocycles. The summed E-state index contributed by atoms with van der Waals surface area (Å²) in [5, 5.41) is 4.16. The van der Waals surface area contributed by atoms with E-state index in [1.165, 1.54) is 25.4 Å². The van der Waals surface area contributed by atoms with E-state index < -0.39 is 16.0 Å². The molecule has 0 unspecified atom stereocenters. The molecule has 7 nitrogen and oxygen atoms in total. The Labute approximate surface area is 151 Å². The number of sulfonamides is 1. The van der Waals surface area contributed by atoms with Gasteiger partial charge in [-0.1, -0.05) is 42.5 Å². The number of carbonyl (C=O) groups is 1. The molecule has 2 aromatic carbocycles. The van der Waals surface area contributed by atoms with Gasteiger partial charge in [-0.15, -0.1) is 0 Å². The van der Waals surface area contributed by atoms with Crippen LogP contribution in [0.3, 0.4) is 0 Å². The first-order valence-corrected chi connectivity index (χ1v) is 9.24. The quantitative estimate of drug-likeness (QED) is 0.673. The molecule has 0 aliphatic heterocycles. The summed E-state index contributed by atoms with van der Waals surface area (Å²) in [6.07, 6.45) is 3.01. The van der Waals surface area contributed by atoms with Crippen molar-refractivity contribution >= 4 is 21.7 Å². The molecule has 0 amide bonds. The van der Waals surface area contributed by atoms with E-state index in [4.69, 9.17) is 0 Å². The number of aromatic nitrogens is 2. The van der Waals surface area contributed by atoms with Gasteiger partial charge in [-0.05, 0) is 17.7 Å². The average molecular weight is 371 g/mol. The van der Waals surface area contributed by atoms with Crippen molar-refractivity contribution in [1.29, 1.82) is 0 Å². The topological polar surface area (TPSA) is 90.3 Å². The first-order chi connectivity index (χ1) is 12.5. The summed E-state index contributed by atoms with van der Waals surface area (Å²) in [6, 6.07) is 15.5. The van der Waals surface area contributed by atoms with E-state index in [9.17, 15) is 13.2 Å². The van der Waals surface area contributed by atoms with Crippen LogP contribution in [-0.4, -0.2) is 31.3 Å². The van der Waals surface area contributed by atoms with Crippen molar-refractivity contribution in [3.05, 3.63) is 78.1 Å². The Morgan fingerprint density at radius 1 is 1.12 bits per heavy atom. The summed E-state index contributed by atoms with van der Waals surface area (Å²) in [5.74, 6) is -0.717. The van der Waals surface area contributed by atoms with Gasteiger partial charge in [0, 0.05) is 6.20 Å². The van der Waals surface area contributed by atoms with Crippen LogP contribution in [0, 0.1) is 0 Å². The van der Waals surface area contributed by atoms with Gasteiger partial charge in [0.15, 0.2) is 0 Å². The number of nitrogens with zero attached hydrogens (tertiary/aromatic N) is 2. The Kier molecular flexibility index (Phi) is 5.04. The Bertz CT molecular complexity index is 1010. The normalized spacial score (nSPS) is 11.1. The fourth-order valence-electron chi connectivity index (χ4n) is 2.46. The first kappa shape index (κ1) is 17.7. The van der Waals surface area contributed by atoms with Gasteiger partial charge in [0.05, 0.1) is 31.1 Å². The Balaban J connectivity index is 1.82. The van der Waals surface area contributed by atoms with Crippen molar-refractivity contribution in [1.82, 2.24) is 9.78 Å². The summed E-state index contributed by atoms with van der Waals surface area (Å²) >= 11 is 0. The van der Waals surface area contributed by atoms with Crippen LogP contribution in [0.2, 0.25) is 0 Å². The zero-order chi connectivity index (χ0) is 18.6. The number of hydrogen-bond acceptors (Lipinski definition) is 5. The van der Waals surface area contributed by atoms with E-state index in [0.717, 1.165) is 5.56 Å². The third-order valence-electron chi connectivity index (χ3n) is 3.65. The number of methoxy groups -OCH3 is 1. The van der Waals surface area contributed by atoms with Crippen LogP contribution < -0.4 is 4.72 Å². The zero-order valence-corrected chi connectivity index (χ0v) is 14.8. The lowest BCUT2D eigenvalue weighted by atomic mass is 10.2. The highest BCUT2D eigenvalue weighted by Crippen LogP contribution is 2.20. The molecule has 26 heavy (non-hydrogen) atoms. The van der Waals surface area contributed by atoms with Gasteiger partial charge in [-0.2, -0.15) is 5.10 Å². The molecule has 3 aromatic rings. The number of anilines is 1. The standard InChI is InChI=1S/C18H17N3O4S/c1-25-18(22)16-9-5-6-10-17(16)26(23,24)20-15-11-19-21(13-15)12-14-7-3-2-4-8-14/h2-11,13,20H,12H2,1H3. The highest BCUT2D eigenvalue weighted by Gasteiger charge is 2.23. The number of benzene rings is 2. The smallest absolute Gasteiger partial charge is 0.339 e. The molecule has 1 heterocycles. The van der Waals surface area contributed by atoms with Gasteiger partial charge in [0.1, 0.15) is 4.90 Å². The van der Waals surface area contributed by atoms with E-state index in [0.29, 0.717) is 12.2 Å². The predicted octanol–water partition coefficient (Wildman–Crippen LogP) is 2.52. The fraction of sp³-hybridized carbons (Fsp3) is 0.111. The largest absolute Gasteiger partial charge is 0.465 e. The monoisotopic (exact) mass is 371 g/mol. The van der Waals surface area contributed by atoms with Gasteiger partial charge in [0.25, 0.3) is 10.0 Å². The van der Waals surface area contributed by atoms with Crippen molar-refractivity contribution in [2.75, 3.05) is 11.8 Å². The van der Waals surface area contributed by atoms with Crippen molar-refractivity contribution in [3.63, 3.8) is 0 Å². The lowest BCUT2D eigenvalue weighted by Gasteiger charge is -2.09. The summed E-state index contributed by atoms with van der Waals surface area (Å²) in [7, 11) is -2.76. The SMILES string of the molecule is COC(=O)c1ccccc1S(=O)(=O)Nc1cnn(Cc2ccccc2)c1. The van der Waals surface area contributed by atoms with Crippen LogP contribution in [0.1, 0.15) is 15.9 Å². The molecule has 0 spiro atoms. The predicted molar refractivity (Wildman–Crippen MR) is 96.4 cm³/mol. The molecular weight excluding hydrogens is 354 g/mol. The van der Waals surface area contributed by atoms with Crippen LogP contribution in [-0.2, 0) is 21.3 Å². The molecular formula is C18H17N3O4S. The van der Waals surface area contributed by atoms with Crippen molar-refractivity contribution in [2.24, 2.45) is 0 Å². The highest BCUT2D eigenvalue weighted by atomic mass is 32.2. The molecule has 1 aromatic heterocycles. The van der Waals surface area contributed by atoms with Crippen LogP contribution in [0.4, 0.5) is 5.69 Å². The number of nitrogens with one attached hydrogen (secondary N) is 1. The molecule has 0 radical (unpaired) electrons. The number of carbonyl (C=O) groups excluding carboxylic acids is 1. The maximum absolute atomic E-state index is 12.7. The Morgan fingerprint density at radius 2 is 1.81 bits per heavy atom. The summed E-state index contributed by atoms with van der Waals surface area (Å²) in [4.78, 5) is 11.7. The van der Waals surface area contributed by atoms with E-state index in [1.807, 2.05) is 30.3 Å². The zero-order valence-electron chi connectivity index (χ0n) is 14.0. The molecule has 0 aliphatic rings. The Morgan fingerprint density at radius 3 is 2.54 bits per heavy atom. The number of esters is 1. The minimum Gasteiger partial charge on any atom is -0.465 e. The van der Waals surface area contributed by atoms with E-state index in [2.05, 4.69) is 14.6 Å². The molecule has 0 fully saturated rings. The van der Waals surface area contributed by atoms with Gasteiger partial charge in [-0.25, -0.2) is 13.2 Å². The average Bonchev–Trinajstić information content (AvgIpc) is 3.08. The summed E-state index contributed by atoms with van der Waals surface area (Å²) in [6.45, 7) is 0.515. The van der Waals surface area contributed by atoms with Gasteiger partial charge in [0.2, 0.25) is 0 Å². The second-order valence-electron chi connectivity index (χ2n) is 5.51. The fourth-order valence-corrected chi connectivity index (χ4v) is 3.69.